The zero-order chi connectivity index (χ0) is 12.7. The molecule has 6 nitrogen and oxygen atoms in total. The molecule has 0 fully saturated rings. The monoisotopic (exact) mass is 259 g/mol. The lowest BCUT2D eigenvalue weighted by molar-refractivity contribution is -0.306. The van der Waals surface area contributed by atoms with Crippen LogP contribution in [0.1, 0.15) is 0 Å². The lowest BCUT2D eigenvalue weighted by Gasteiger charge is -2.06. The number of aromatic nitrogens is 4. The van der Waals surface area contributed by atoms with Gasteiger partial charge in [0.05, 0.1) is 18.0 Å². The van der Waals surface area contributed by atoms with E-state index in [1.54, 1.807) is 0 Å². The molecule has 3 aromatic rings. The second kappa shape index (κ2) is 3.88. The van der Waals surface area contributed by atoms with Crippen LogP contribution in [0.25, 0.3) is 22.1 Å². The van der Waals surface area contributed by atoms with Gasteiger partial charge in [-0.15, -0.1) is 0 Å². The van der Waals surface area contributed by atoms with Gasteiger partial charge in [-0.25, -0.2) is 0 Å². The number of carbonyl (C=O) groups is 1. The predicted molar refractivity (Wildman–Crippen MR) is 65.2 cm³/mol. The van der Waals surface area contributed by atoms with Crippen LogP contribution in [0.4, 0.5) is 0 Å². The molecule has 2 heterocycles. The van der Waals surface area contributed by atoms with Crippen molar-refractivity contribution in [2.24, 2.45) is 0 Å². The Labute approximate surface area is 106 Å². The fraction of sp³-hybridized carbons (Fsp3) is 0.0909. The smallest absolute Gasteiger partial charge is 0.215 e. The van der Waals surface area contributed by atoms with Crippen LogP contribution in [0, 0.1) is 4.77 Å². The molecule has 1 aromatic carbocycles. The van der Waals surface area contributed by atoms with Gasteiger partial charge in [0.1, 0.15) is 5.52 Å². The fourth-order valence-corrected chi connectivity index (χ4v) is 2.14. The van der Waals surface area contributed by atoms with Gasteiger partial charge in [-0.05, 0) is 18.3 Å². The largest absolute Gasteiger partial charge is 0.548 e. The number of hydrogen-bond acceptors (Lipinski definition) is 5. The van der Waals surface area contributed by atoms with E-state index in [-0.39, 0.29) is 11.3 Å². The minimum atomic E-state index is -1.18. The molecule has 0 unspecified atom stereocenters. The van der Waals surface area contributed by atoms with Gasteiger partial charge in [-0.1, -0.05) is 18.2 Å². The first kappa shape index (κ1) is 10.8. The maximum absolute atomic E-state index is 10.8. The quantitative estimate of drug-likeness (QED) is 0.673. The summed E-state index contributed by atoms with van der Waals surface area (Å²) in [5.41, 5.74) is 1.79. The third kappa shape index (κ3) is 1.56. The Morgan fingerprint density at radius 1 is 1.44 bits per heavy atom. The van der Waals surface area contributed by atoms with Gasteiger partial charge in [0, 0.05) is 5.39 Å². The molecule has 0 radical (unpaired) electrons. The highest BCUT2D eigenvalue weighted by Gasteiger charge is 2.12. The van der Waals surface area contributed by atoms with E-state index in [0.29, 0.717) is 11.2 Å². The summed E-state index contributed by atoms with van der Waals surface area (Å²) >= 11 is 4.91. The number of hydrogen-bond donors (Lipinski definition) is 1. The second-order valence-electron chi connectivity index (χ2n) is 3.79. The van der Waals surface area contributed by atoms with E-state index >= 15 is 0 Å². The van der Waals surface area contributed by atoms with E-state index in [2.05, 4.69) is 15.2 Å². The van der Waals surface area contributed by atoms with E-state index in [9.17, 15) is 9.90 Å². The zero-order valence-corrected chi connectivity index (χ0v) is 9.90. The molecule has 0 saturated heterocycles. The molecule has 0 amide bonds. The first-order valence-electron chi connectivity index (χ1n) is 5.20. The first-order valence-corrected chi connectivity index (χ1v) is 5.61. The summed E-state index contributed by atoms with van der Waals surface area (Å²) in [6, 6.07) is 7.35. The number of para-hydroxylation sites is 1. The Bertz CT molecular complexity index is 821. The van der Waals surface area contributed by atoms with Crippen molar-refractivity contribution in [3.63, 3.8) is 0 Å². The Morgan fingerprint density at radius 3 is 3.00 bits per heavy atom. The number of nitrogens with one attached hydrogen (secondary N) is 1. The number of H-pyrrole nitrogens is 1. The zero-order valence-electron chi connectivity index (χ0n) is 9.08. The van der Waals surface area contributed by atoms with E-state index in [1.165, 1.54) is 4.57 Å². The van der Waals surface area contributed by atoms with E-state index in [1.807, 2.05) is 24.3 Å². The second-order valence-corrected chi connectivity index (χ2v) is 4.17. The standard InChI is InChI=1S/C11H8N4O2S/c16-8(17)5-15-7-4-2-1-3-6(7)9-10(15)12-11(18)14-13-9/h1-4H,5H2,(H,16,17)(H,12,14,18)/p-1. The van der Waals surface area contributed by atoms with E-state index < -0.39 is 5.97 Å². The molecule has 0 aliphatic carbocycles. The molecule has 7 heteroatoms. The van der Waals surface area contributed by atoms with Crippen LogP contribution in [0.3, 0.4) is 0 Å². The summed E-state index contributed by atoms with van der Waals surface area (Å²) in [6.07, 6.45) is 0. The van der Waals surface area contributed by atoms with Crippen molar-refractivity contribution < 1.29 is 9.90 Å². The summed E-state index contributed by atoms with van der Waals surface area (Å²) in [5.74, 6) is -1.18. The van der Waals surface area contributed by atoms with Crippen molar-refractivity contribution in [3.05, 3.63) is 29.0 Å². The predicted octanol–water partition coefficient (Wildman–Crippen LogP) is 0.392. The average molecular weight is 259 g/mol. The first-order chi connectivity index (χ1) is 8.66. The topological polar surface area (TPSA) is 86.6 Å². The average Bonchev–Trinajstić information content (AvgIpc) is 2.63. The van der Waals surface area contributed by atoms with Crippen LogP contribution in [0.2, 0.25) is 0 Å². The summed E-state index contributed by atoms with van der Waals surface area (Å²) in [6.45, 7) is -0.280. The summed E-state index contributed by atoms with van der Waals surface area (Å²) in [7, 11) is 0. The number of nitrogens with zero attached hydrogens (tertiary/aromatic N) is 3. The highest BCUT2D eigenvalue weighted by Crippen LogP contribution is 2.24. The Hall–Kier alpha value is -2.28. The molecule has 0 aliphatic rings. The number of rotatable bonds is 2. The Kier molecular flexibility index (Phi) is 2.34. The number of fused-ring (bicyclic) bond motifs is 3. The molecule has 1 N–H and O–H groups in total. The number of carbonyl (C=O) groups excluding carboxylic acids is 1. The molecule has 2 aromatic heterocycles. The maximum atomic E-state index is 10.8. The third-order valence-electron chi connectivity index (χ3n) is 2.68. The van der Waals surface area contributed by atoms with Crippen molar-refractivity contribution in [2.45, 2.75) is 6.54 Å². The molecule has 18 heavy (non-hydrogen) atoms. The number of carboxylic acid groups (broad SMARTS) is 1. The minimum absolute atomic E-state index is 0.213. The highest BCUT2D eigenvalue weighted by molar-refractivity contribution is 7.71. The van der Waals surface area contributed by atoms with Crippen LogP contribution in [0.5, 0.6) is 0 Å². The SMILES string of the molecule is O=C([O-])Cn1c2ccccc2c2n[nH]c(=S)nc21. The van der Waals surface area contributed by atoms with Gasteiger partial charge in [0.25, 0.3) is 0 Å². The molecule has 90 valence electrons. The Balaban J connectivity index is 2.50. The summed E-state index contributed by atoms with van der Waals surface area (Å²) in [4.78, 5) is 15.0. The molecule has 0 bridgehead atoms. The van der Waals surface area contributed by atoms with Gasteiger partial charge in [-0.3, -0.25) is 5.10 Å². The molecule has 0 aliphatic heterocycles. The van der Waals surface area contributed by atoms with Crippen LogP contribution in [-0.2, 0) is 11.3 Å². The van der Waals surface area contributed by atoms with Crippen LogP contribution >= 0.6 is 12.2 Å². The van der Waals surface area contributed by atoms with Crippen molar-refractivity contribution in [1.82, 2.24) is 19.7 Å². The molecule has 0 spiro atoms. The molecule has 0 saturated carbocycles. The molecule has 3 rings (SSSR count). The van der Waals surface area contributed by atoms with Crippen LogP contribution < -0.4 is 5.11 Å². The normalized spacial score (nSPS) is 11.1. The van der Waals surface area contributed by atoms with Gasteiger partial charge in [0.15, 0.2) is 5.65 Å². The molecule has 0 atom stereocenters. The van der Waals surface area contributed by atoms with E-state index in [0.717, 1.165) is 10.9 Å². The van der Waals surface area contributed by atoms with Gasteiger partial charge in [-0.2, -0.15) is 10.1 Å². The number of carboxylic acids is 1. The number of benzene rings is 1. The molecular formula is C11H7N4O2S-. The van der Waals surface area contributed by atoms with Gasteiger partial charge >= 0.3 is 0 Å². The highest BCUT2D eigenvalue weighted by atomic mass is 32.1. The van der Waals surface area contributed by atoms with Gasteiger partial charge in [0.2, 0.25) is 4.77 Å². The fourth-order valence-electron chi connectivity index (χ4n) is 2.01. The summed E-state index contributed by atoms with van der Waals surface area (Å²) < 4.78 is 1.75. The van der Waals surface area contributed by atoms with Crippen LogP contribution in [-0.4, -0.2) is 25.7 Å². The summed E-state index contributed by atoms with van der Waals surface area (Å²) in [5, 5.41) is 18.4. The number of aromatic amines is 1. The maximum Gasteiger partial charge on any atom is 0.215 e. The number of aliphatic carboxylic acids is 1. The van der Waals surface area contributed by atoms with Crippen molar-refractivity contribution >= 4 is 40.3 Å². The van der Waals surface area contributed by atoms with Crippen molar-refractivity contribution in [2.75, 3.05) is 0 Å². The van der Waals surface area contributed by atoms with Crippen molar-refractivity contribution in [3.8, 4) is 0 Å². The third-order valence-corrected chi connectivity index (χ3v) is 2.86. The lowest BCUT2D eigenvalue weighted by atomic mass is 10.2. The van der Waals surface area contributed by atoms with Crippen molar-refractivity contribution in [1.29, 1.82) is 0 Å². The lowest BCUT2D eigenvalue weighted by Crippen LogP contribution is -2.27. The van der Waals surface area contributed by atoms with Gasteiger partial charge < -0.3 is 14.5 Å². The molecular weight excluding hydrogens is 252 g/mol. The van der Waals surface area contributed by atoms with Crippen LogP contribution in [0.15, 0.2) is 24.3 Å². The Morgan fingerprint density at radius 2 is 2.22 bits per heavy atom. The minimum Gasteiger partial charge on any atom is -0.548 e. The van der Waals surface area contributed by atoms with E-state index in [4.69, 9.17) is 12.2 Å².